The fraction of sp³-hybridized carbons (Fsp3) is 0.455. The minimum absolute atomic E-state index is 0.143. The first kappa shape index (κ1) is 12.6. The Balaban J connectivity index is 2.12. The molecule has 98 valence electrons. The van der Waals surface area contributed by atoms with Crippen LogP contribution in [0.2, 0.25) is 0 Å². The predicted molar refractivity (Wildman–Crippen MR) is 69.1 cm³/mol. The third kappa shape index (κ3) is 2.88. The van der Waals surface area contributed by atoms with Crippen LogP contribution in [0.15, 0.2) is 34.5 Å². The summed E-state index contributed by atoms with van der Waals surface area (Å²) in [5.41, 5.74) is 2.12. The van der Waals surface area contributed by atoms with Gasteiger partial charge in [-0.25, -0.2) is 9.47 Å². The molecule has 1 aliphatic rings. The molecule has 7 nitrogen and oxygen atoms in total. The summed E-state index contributed by atoms with van der Waals surface area (Å²) in [5.74, 6) is 0. The summed E-state index contributed by atoms with van der Waals surface area (Å²) in [6.07, 6.45) is 3.01. The van der Waals surface area contributed by atoms with Gasteiger partial charge in [0.25, 0.3) is 5.56 Å². The maximum absolute atomic E-state index is 11.6. The molecule has 1 saturated heterocycles. The van der Waals surface area contributed by atoms with Crippen molar-refractivity contribution < 1.29 is 0 Å². The molecule has 2 rings (SSSR count). The van der Waals surface area contributed by atoms with E-state index in [0.717, 1.165) is 26.2 Å². The molecule has 0 saturated carbocycles. The zero-order chi connectivity index (χ0) is 13.0. The van der Waals surface area contributed by atoms with E-state index in [2.05, 4.69) is 27.2 Å². The van der Waals surface area contributed by atoms with Crippen LogP contribution in [0.4, 0.5) is 0 Å². The standard InChI is InChI=1S/C11H17N5O2/c1-2-9(15-7-4-12-5-8-15)14-16-6-3-10(17)13-11(16)18/h2-3,6,9,12,14H,1,4-5,7-8H2,(H,13,17,18). The molecule has 1 fully saturated rings. The maximum atomic E-state index is 11.6. The molecule has 1 unspecified atom stereocenters. The maximum Gasteiger partial charge on any atom is 0.346 e. The summed E-state index contributed by atoms with van der Waals surface area (Å²) >= 11 is 0. The molecule has 0 spiro atoms. The quantitative estimate of drug-likeness (QED) is 0.567. The largest absolute Gasteiger partial charge is 0.346 e. The van der Waals surface area contributed by atoms with Crippen molar-refractivity contribution in [1.29, 1.82) is 0 Å². The molecule has 0 amide bonds. The van der Waals surface area contributed by atoms with Gasteiger partial charge in [-0.05, 0) is 0 Å². The molecule has 1 aromatic heterocycles. The Kier molecular flexibility index (Phi) is 3.96. The van der Waals surface area contributed by atoms with E-state index in [9.17, 15) is 9.59 Å². The molecule has 18 heavy (non-hydrogen) atoms. The van der Waals surface area contributed by atoms with Crippen LogP contribution in [0.3, 0.4) is 0 Å². The van der Waals surface area contributed by atoms with Crippen molar-refractivity contribution in [3.05, 3.63) is 45.8 Å². The van der Waals surface area contributed by atoms with E-state index < -0.39 is 11.2 Å². The van der Waals surface area contributed by atoms with Gasteiger partial charge in [0.1, 0.15) is 6.17 Å². The van der Waals surface area contributed by atoms with E-state index in [4.69, 9.17) is 0 Å². The second-order valence-electron chi connectivity index (χ2n) is 4.08. The Hall–Kier alpha value is -1.86. The highest BCUT2D eigenvalue weighted by atomic mass is 16.2. The van der Waals surface area contributed by atoms with Gasteiger partial charge in [0.15, 0.2) is 0 Å². The van der Waals surface area contributed by atoms with E-state index in [0.29, 0.717) is 0 Å². The lowest BCUT2D eigenvalue weighted by atomic mass is 10.3. The summed E-state index contributed by atoms with van der Waals surface area (Å²) in [7, 11) is 0. The van der Waals surface area contributed by atoms with E-state index in [-0.39, 0.29) is 6.17 Å². The molecule has 1 aliphatic heterocycles. The second-order valence-corrected chi connectivity index (χ2v) is 4.08. The average Bonchev–Trinajstić information content (AvgIpc) is 2.39. The lowest BCUT2D eigenvalue weighted by molar-refractivity contribution is 0.207. The van der Waals surface area contributed by atoms with Crippen molar-refractivity contribution in [2.24, 2.45) is 0 Å². The minimum Gasteiger partial charge on any atom is -0.314 e. The van der Waals surface area contributed by atoms with E-state index in [1.807, 2.05) is 0 Å². The first-order chi connectivity index (χ1) is 8.70. The molecule has 7 heteroatoms. The fourth-order valence-corrected chi connectivity index (χ4v) is 1.91. The summed E-state index contributed by atoms with van der Waals surface area (Å²) in [5, 5.41) is 3.26. The molecule has 0 aliphatic carbocycles. The summed E-state index contributed by atoms with van der Waals surface area (Å²) < 4.78 is 1.26. The highest BCUT2D eigenvalue weighted by molar-refractivity contribution is 4.98. The third-order valence-corrected chi connectivity index (χ3v) is 2.86. The van der Waals surface area contributed by atoms with Crippen LogP contribution in [0.25, 0.3) is 0 Å². The lowest BCUT2D eigenvalue weighted by Crippen LogP contribution is -2.53. The highest BCUT2D eigenvalue weighted by Gasteiger charge is 2.17. The number of H-pyrrole nitrogens is 1. The average molecular weight is 251 g/mol. The van der Waals surface area contributed by atoms with Crippen LogP contribution in [-0.4, -0.2) is 46.9 Å². The van der Waals surface area contributed by atoms with Gasteiger partial charge >= 0.3 is 5.69 Å². The lowest BCUT2D eigenvalue weighted by Gasteiger charge is -2.33. The van der Waals surface area contributed by atoms with E-state index in [1.54, 1.807) is 6.08 Å². The number of hydrogen-bond donors (Lipinski definition) is 3. The molecule has 0 bridgehead atoms. The number of hydrogen-bond acceptors (Lipinski definition) is 5. The molecule has 2 heterocycles. The molecule has 3 N–H and O–H groups in total. The second kappa shape index (κ2) is 5.65. The number of rotatable bonds is 4. The van der Waals surface area contributed by atoms with E-state index >= 15 is 0 Å². The van der Waals surface area contributed by atoms with Gasteiger partial charge in [-0.3, -0.25) is 14.7 Å². The van der Waals surface area contributed by atoms with Crippen molar-refractivity contribution in [3.8, 4) is 0 Å². The van der Waals surface area contributed by atoms with Crippen molar-refractivity contribution >= 4 is 0 Å². The van der Waals surface area contributed by atoms with Crippen LogP contribution >= 0.6 is 0 Å². The number of nitrogens with zero attached hydrogens (tertiary/aromatic N) is 2. The topological polar surface area (TPSA) is 82.2 Å². The Bertz CT molecular complexity index is 515. The van der Waals surface area contributed by atoms with Gasteiger partial charge in [0.2, 0.25) is 0 Å². The highest BCUT2D eigenvalue weighted by Crippen LogP contribution is 2.00. The molecule has 0 aromatic carbocycles. The monoisotopic (exact) mass is 251 g/mol. The molecular weight excluding hydrogens is 234 g/mol. The number of aromatic nitrogens is 2. The van der Waals surface area contributed by atoms with Crippen LogP contribution in [0.5, 0.6) is 0 Å². The molecule has 1 aromatic rings. The molecule has 0 radical (unpaired) electrons. The normalized spacial score (nSPS) is 18.2. The third-order valence-electron chi connectivity index (χ3n) is 2.86. The predicted octanol–water partition coefficient (Wildman–Crippen LogP) is -1.50. The van der Waals surface area contributed by atoms with Gasteiger partial charge in [-0.15, -0.1) is 0 Å². The van der Waals surface area contributed by atoms with Crippen molar-refractivity contribution in [2.45, 2.75) is 6.17 Å². The molecule has 1 atom stereocenters. The Morgan fingerprint density at radius 3 is 2.72 bits per heavy atom. The van der Waals surface area contributed by atoms with Gasteiger partial charge in [-0.2, -0.15) is 0 Å². The minimum atomic E-state index is -0.482. The van der Waals surface area contributed by atoms with Gasteiger partial charge in [0.05, 0.1) is 0 Å². The zero-order valence-corrected chi connectivity index (χ0v) is 10.1. The Morgan fingerprint density at radius 1 is 1.39 bits per heavy atom. The summed E-state index contributed by atoms with van der Waals surface area (Å²) in [6, 6.07) is 1.30. The van der Waals surface area contributed by atoms with Gasteiger partial charge in [0, 0.05) is 38.4 Å². The summed E-state index contributed by atoms with van der Waals surface area (Å²) in [4.78, 5) is 26.9. The SMILES string of the molecule is C=CC(Nn1ccc(=O)[nH]c1=O)N1CCNCC1. The zero-order valence-electron chi connectivity index (χ0n) is 10.1. The van der Waals surface area contributed by atoms with Crippen molar-refractivity contribution in [3.63, 3.8) is 0 Å². The van der Waals surface area contributed by atoms with Gasteiger partial charge < -0.3 is 10.7 Å². The van der Waals surface area contributed by atoms with E-state index in [1.165, 1.54) is 16.9 Å². The number of aromatic amines is 1. The van der Waals surface area contributed by atoms with Gasteiger partial charge in [-0.1, -0.05) is 12.7 Å². The Labute approximate surface area is 104 Å². The fourth-order valence-electron chi connectivity index (χ4n) is 1.91. The smallest absolute Gasteiger partial charge is 0.314 e. The van der Waals surface area contributed by atoms with Crippen LogP contribution in [-0.2, 0) is 0 Å². The Morgan fingerprint density at radius 2 is 2.11 bits per heavy atom. The van der Waals surface area contributed by atoms with Crippen molar-refractivity contribution in [1.82, 2.24) is 19.9 Å². The first-order valence-corrected chi connectivity index (χ1v) is 5.86. The number of piperazine rings is 1. The van der Waals surface area contributed by atoms with Crippen LogP contribution in [0.1, 0.15) is 0 Å². The first-order valence-electron chi connectivity index (χ1n) is 5.86. The molecular formula is C11H17N5O2. The van der Waals surface area contributed by atoms with Crippen molar-refractivity contribution in [2.75, 3.05) is 31.6 Å². The summed E-state index contributed by atoms with van der Waals surface area (Å²) in [6.45, 7) is 7.34. The number of nitrogens with one attached hydrogen (secondary N) is 3. The van der Waals surface area contributed by atoms with Crippen LogP contribution < -0.4 is 22.0 Å². The van der Waals surface area contributed by atoms with Crippen LogP contribution in [0, 0.1) is 0 Å².